The van der Waals surface area contributed by atoms with Gasteiger partial charge in [0.1, 0.15) is 18.8 Å². The lowest BCUT2D eigenvalue weighted by Gasteiger charge is -2.17. The third-order valence-electron chi connectivity index (χ3n) is 5.99. The van der Waals surface area contributed by atoms with Crippen molar-refractivity contribution in [3.8, 4) is 11.1 Å². The third kappa shape index (κ3) is 5.35. The Hall–Kier alpha value is -3.72. The van der Waals surface area contributed by atoms with Gasteiger partial charge in [-0.2, -0.15) is 0 Å². The zero-order valence-corrected chi connectivity index (χ0v) is 20.4. The van der Waals surface area contributed by atoms with Crippen molar-refractivity contribution in [1.29, 1.82) is 0 Å². The average Bonchev–Trinajstić information content (AvgIpc) is 3.38. The van der Waals surface area contributed by atoms with Crippen LogP contribution in [0, 0.1) is 6.92 Å². The Morgan fingerprint density at radius 2 is 1.71 bits per heavy atom. The molecule has 8 nitrogen and oxygen atoms in total. The van der Waals surface area contributed by atoms with E-state index in [1.54, 1.807) is 13.8 Å². The highest BCUT2D eigenvalue weighted by molar-refractivity contribution is 7.11. The summed E-state index contributed by atoms with van der Waals surface area (Å²) in [6.45, 7) is 3.96. The van der Waals surface area contributed by atoms with Crippen LogP contribution in [0.25, 0.3) is 11.1 Å². The Morgan fingerprint density at radius 1 is 1.09 bits per heavy atom. The number of aliphatic carboxylic acids is 1. The molecule has 1 aliphatic carbocycles. The van der Waals surface area contributed by atoms with Gasteiger partial charge in [0.15, 0.2) is 0 Å². The van der Waals surface area contributed by atoms with E-state index < -0.39 is 18.0 Å². The lowest BCUT2D eigenvalue weighted by molar-refractivity contribution is -0.137. The highest BCUT2D eigenvalue weighted by Gasteiger charge is 2.29. The lowest BCUT2D eigenvalue weighted by atomic mass is 9.98. The molecule has 0 saturated carbocycles. The number of likely N-dealkylation sites (N-methyl/N-ethyl adjacent to an activating group) is 1. The number of alkyl carbamates (subject to hydrolysis) is 1. The zero-order chi connectivity index (χ0) is 24.9. The molecule has 0 radical (unpaired) electrons. The second-order valence-electron chi connectivity index (χ2n) is 8.23. The fraction of sp³-hybridized carbons (Fsp3) is 0.308. The molecule has 0 atom stereocenters. The topological polar surface area (TPSA) is 109 Å². The molecule has 2 amide bonds. The molecule has 1 aromatic heterocycles. The maximum absolute atomic E-state index is 12.6. The van der Waals surface area contributed by atoms with E-state index in [1.807, 2.05) is 24.3 Å². The number of nitrogens with one attached hydrogen (secondary N) is 1. The number of thiazole rings is 1. The maximum Gasteiger partial charge on any atom is 0.407 e. The molecule has 0 aliphatic heterocycles. The van der Waals surface area contributed by atoms with Gasteiger partial charge in [0.05, 0.1) is 5.01 Å². The van der Waals surface area contributed by atoms with Crippen LogP contribution in [0.3, 0.4) is 0 Å². The monoisotopic (exact) mass is 493 g/mol. The van der Waals surface area contributed by atoms with Crippen molar-refractivity contribution in [2.75, 3.05) is 26.2 Å². The van der Waals surface area contributed by atoms with E-state index in [2.05, 4.69) is 34.6 Å². The molecule has 35 heavy (non-hydrogen) atoms. The fourth-order valence-electron chi connectivity index (χ4n) is 4.32. The van der Waals surface area contributed by atoms with E-state index in [4.69, 9.17) is 9.84 Å². The lowest BCUT2D eigenvalue weighted by Crippen LogP contribution is -2.36. The van der Waals surface area contributed by atoms with E-state index in [-0.39, 0.29) is 31.3 Å². The number of rotatable bonds is 9. The van der Waals surface area contributed by atoms with Crippen LogP contribution in [-0.2, 0) is 16.0 Å². The van der Waals surface area contributed by atoms with Gasteiger partial charge in [-0.05, 0) is 36.1 Å². The predicted molar refractivity (Wildman–Crippen MR) is 133 cm³/mol. The van der Waals surface area contributed by atoms with E-state index in [1.165, 1.54) is 27.4 Å². The molecule has 0 fully saturated rings. The number of fused-ring (bicyclic) bond motifs is 3. The number of nitrogens with zero attached hydrogens (tertiary/aromatic N) is 2. The van der Waals surface area contributed by atoms with Gasteiger partial charge in [-0.3, -0.25) is 9.59 Å². The number of carboxylic acids is 1. The molecule has 9 heteroatoms. The molecule has 2 N–H and O–H groups in total. The summed E-state index contributed by atoms with van der Waals surface area (Å²) in [5.74, 6) is -1.48. The third-order valence-corrected chi connectivity index (χ3v) is 7.02. The second kappa shape index (κ2) is 10.7. The van der Waals surface area contributed by atoms with Crippen molar-refractivity contribution in [3.63, 3.8) is 0 Å². The first-order valence-corrected chi connectivity index (χ1v) is 12.3. The first-order chi connectivity index (χ1) is 16.9. The number of hydrogen-bond acceptors (Lipinski definition) is 6. The molecule has 0 saturated heterocycles. The van der Waals surface area contributed by atoms with Crippen LogP contribution in [0.2, 0.25) is 0 Å². The molecule has 182 valence electrons. The van der Waals surface area contributed by atoms with Gasteiger partial charge in [-0.1, -0.05) is 48.5 Å². The summed E-state index contributed by atoms with van der Waals surface area (Å²) in [6.07, 6.45) is -0.0660. The molecular formula is C26H27N3O5S. The Morgan fingerprint density at radius 3 is 2.31 bits per heavy atom. The minimum atomic E-state index is -1.07. The van der Waals surface area contributed by atoms with Crippen molar-refractivity contribution < 1.29 is 24.2 Å². The van der Waals surface area contributed by atoms with E-state index >= 15 is 0 Å². The Bertz CT molecular complexity index is 1210. The molecule has 0 spiro atoms. The summed E-state index contributed by atoms with van der Waals surface area (Å²) in [5, 5.41) is 12.4. The van der Waals surface area contributed by atoms with Gasteiger partial charge in [0.2, 0.25) is 0 Å². The average molecular weight is 494 g/mol. The summed E-state index contributed by atoms with van der Waals surface area (Å²) >= 11 is 1.36. The quantitative estimate of drug-likeness (QED) is 0.465. The van der Waals surface area contributed by atoms with Gasteiger partial charge in [-0.15, -0.1) is 11.3 Å². The number of amides is 2. The van der Waals surface area contributed by atoms with Gasteiger partial charge in [0.25, 0.3) is 5.91 Å². The fourth-order valence-corrected chi connectivity index (χ4v) is 5.24. The molecule has 1 aliphatic rings. The van der Waals surface area contributed by atoms with Crippen LogP contribution in [0.1, 0.15) is 44.3 Å². The van der Waals surface area contributed by atoms with Crippen molar-refractivity contribution in [2.45, 2.75) is 26.2 Å². The number of carboxylic acid groups (broad SMARTS) is 1. The molecule has 4 rings (SSSR count). The minimum absolute atomic E-state index is 0.00403. The minimum Gasteiger partial charge on any atom is -0.480 e. The van der Waals surface area contributed by atoms with Crippen LogP contribution in [0.4, 0.5) is 4.79 Å². The van der Waals surface area contributed by atoms with Crippen LogP contribution in [0.5, 0.6) is 0 Å². The summed E-state index contributed by atoms with van der Waals surface area (Å²) < 4.78 is 5.54. The first kappa shape index (κ1) is 24.4. The van der Waals surface area contributed by atoms with E-state index in [9.17, 15) is 14.4 Å². The number of aromatic nitrogens is 1. The maximum atomic E-state index is 12.6. The number of ether oxygens (including phenoxy) is 1. The van der Waals surface area contributed by atoms with Crippen LogP contribution < -0.4 is 5.32 Å². The number of benzene rings is 2. The van der Waals surface area contributed by atoms with Gasteiger partial charge < -0.3 is 20.1 Å². The van der Waals surface area contributed by atoms with E-state index in [0.29, 0.717) is 18.0 Å². The summed E-state index contributed by atoms with van der Waals surface area (Å²) in [5.41, 5.74) is 4.91. The van der Waals surface area contributed by atoms with Crippen molar-refractivity contribution in [2.24, 2.45) is 0 Å². The molecule has 3 aromatic rings. The number of carbonyl (C=O) groups is 3. The molecule has 0 unspecified atom stereocenters. The Kier molecular flexibility index (Phi) is 7.45. The number of hydrogen-bond donors (Lipinski definition) is 2. The molecule has 1 heterocycles. The number of carbonyl (C=O) groups excluding carboxylic acids is 2. The molecular weight excluding hydrogens is 466 g/mol. The largest absolute Gasteiger partial charge is 0.480 e. The van der Waals surface area contributed by atoms with Crippen LogP contribution in [0.15, 0.2) is 48.5 Å². The van der Waals surface area contributed by atoms with Crippen LogP contribution >= 0.6 is 11.3 Å². The van der Waals surface area contributed by atoms with Crippen molar-refractivity contribution in [1.82, 2.24) is 15.2 Å². The van der Waals surface area contributed by atoms with Crippen LogP contribution in [-0.4, -0.2) is 59.2 Å². The molecule has 2 aromatic carbocycles. The van der Waals surface area contributed by atoms with Crippen molar-refractivity contribution >= 4 is 29.3 Å². The highest BCUT2D eigenvalue weighted by atomic mass is 32.1. The Balaban J connectivity index is 1.30. The highest BCUT2D eigenvalue weighted by Crippen LogP contribution is 2.44. The normalized spacial score (nSPS) is 12.1. The first-order valence-electron chi connectivity index (χ1n) is 11.4. The predicted octanol–water partition coefficient (Wildman–Crippen LogP) is 4.08. The summed E-state index contributed by atoms with van der Waals surface area (Å²) in [6, 6.07) is 16.3. The van der Waals surface area contributed by atoms with Gasteiger partial charge >= 0.3 is 12.1 Å². The summed E-state index contributed by atoms with van der Waals surface area (Å²) in [7, 11) is 0. The molecule has 0 bridgehead atoms. The SMILES string of the molecule is CCN(CC(=O)O)C(=O)c1nc(CCNC(=O)OCC2c3ccccc3-c3ccccc32)sc1C. The van der Waals surface area contributed by atoms with Gasteiger partial charge in [0, 0.05) is 30.3 Å². The standard InChI is InChI=1S/C26H27N3O5S/c1-3-29(14-23(30)31)25(32)24-16(2)35-22(28-24)12-13-27-26(33)34-15-21-19-10-6-4-8-17(19)18-9-5-7-11-20(18)21/h4-11,21H,3,12-15H2,1-2H3,(H,27,33)(H,30,31). The smallest absolute Gasteiger partial charge is 0.407 e. The Labute approximate surface area is 207 Å². The second-order valence-corrected chi connectivity index (χ2v) is 9.52. The summed E-state index contributed by atoms with van der Waals surface area (Å²) in [4.78, 5) is 42.3. The van der Waals surface area contributed by atoms with Gasteiger partial charge in [-0.25, -0.2) is 9.78 Å². The van der Waals surface area contributed by atoms with Crippen molar-refractivity contribution in [3.05, 3.63) is 75.2 Å². The van der Waals surface area contributed by atoms with E-state index in [0.717, 1.165) is 16.0 Å². The number of aryl methyl sites for hydroxylation is 1. The zero-order valence-electron chi connectivity index (χ0n) is 19.6.